The van der Waals surface area contributed by atoms with E-state index in [4.69, 9.17) is 4.74 Å². The number of aryl methyl sites for hydroxylation is 1. The van der Waals surface area contributed by atoms with Crippen LogP contribution in [-0.2, 0) is 6.42 Å². The molecule has 1 aromatic carbocycles. The van der Waals surface area contributed by atoms with Crippen LogP contribution in [0.1, 0.15) is 24.1 Å². The van der Waals surface area contributed by atoms with Gasteiger partial charge in [-0.25, -0.2) is 0 Å². The summed E-state index contributed by atoms with van der Waals surface area (Å²) in [4.78, 5) is 3.36. The quantitative estimate of drug-likeness (QED) is 0.871. The van der Waals surface area contributed by atoms with E-state index >= 15 is 0 Å². The third-order valence-corrected chi connectivity index (χ3v) is 3.80. The van der Waals surface area contributed by atoms with E-state index in [1.165, 1.54) is 29.5 Å². The van der Waals surface area contributed by atoms with Crippen LogP contribution < -0.4 is 10.1 Å². The van der Waals surface area contributed by atoms with Crippen LogP contribution in [0.25, 0.3) is 10.9 Å². The Balaban J connectivity index is 1.99. The van der Waals surface area contributed by atoms with Gasteiger partial charge in [-0.05, 0) is 50.4 Å². The maximum absolute atomic E-state index is 5.63. The van der Waals surface area contributed by atoms with Crippen LogP contribution in [0, 0.1) is 6.92 Å². The first kappa shape index (κ1) is 11.6. The average Bonchev–Trinajstić information content (AvgIpc) is 2.97. The largest absolute Gasteiger partial charge is 0.496 e. The highest BCUT2D eigenvalue weighted by Crippen LogP contribution is 2.31. The van der Waals surface area contributed by atoms with Gasteiger partial charge in [-0.15, -0.1) is 0 Å². The minimum atomic E-state index is 0.608. The topological polar surface area (TPSA) is 37.0 Å². The van der Waals surface area contributed by atoms with E-state index < -0.39 is 0 Å². The number of methoxy groups -OCH3 is 1. The fourth-order valence-electron chi connectivity index (χ4n) is 2.96. The summed E-state index contributed by atoms with van der Waals surface area (Å²) < 4.78 is 5.63. The monoisotopic (exact) mass is 244 g/mol. The molecule has 0 spiro atoms. The van der Waals surface area contributed by atoms with Crippen LogP contribution in [0.2, 0.25) is 0 Å². The van der Waals surface area contributed by atoms with Crippen LogP contribution in [0.3, 0.4) is 0 Å². The molecule has 2 N–H and O–H groups in total. The Morgan fingerprint density at radius 3 is 3.00 bits per heavy atom. The average molecular weight is 244 g/mol. The van der Waals surface area contributed by atoms with Gasteiger partial charge < -0.3 is 15.0 Å². The van der Waals surface area contributed by atoms with Gasteiger partial charge in [0.25, 0.3) is 0 Å². The predicted octanol–water partition coefficient (Wildman–Crippen LogP) is 2.78. The van der Waals surface area contributed by atoms with Gasteiger partial charge in [0.15, 0.2) is 0 Å². The van der Waals surface area contributed by atoms with Crippen LogP contribution in [0.4, 0.5) is 0 Å². The molecule has 0 bridgehead atoms. The Morgan fingerprint density at radius 2 is 2.28 bits per heavy atom. The lowest BCUT2D eigenvalue weighted by molar-refractivity contribution is 0.412. The number of rotatable bonds is 3. The lowest BCUT2D eigenvalue weighted by Gasteiger charge is -2.14. The summed E-state index contributed by atoms with van der Waals surface area (Å²) in [6.07, 6.45) is 3.62. The number of aromatic nitrogens is 1. The summed E-state index contributed by atoms with van der Waals surface area (Å²) in [5, 5.41) is 4.75. The molecule has 1 saturated heterocycles. The third kappa shape index (κ3) is 1.99. The second-order valence-corrected chi connectivity index (χ2v) is 5.17. The molecule has 1 aliphatic rings. The number of aromatic amines is 1. The first-order valence-corrected chi connectivity index (χ1v) is 6.66. The minimum Gasteiger partial charge on any atom is -0.496 e. The van der Waals surface area contributed by atoms with E-state index in [-0.39, 0.29) is 0 Å². The van der Waals surface area contributed by atoms with Gasteiger partial charge in [-0.1, -0.05) is 6.07 Å². The number of hydrogen-bond acceptors (Lipinski definition) is 2. The molecule has 2 aromatic rings. The van der Waals surface area contributed by atoms with Crippen molar-refractivity contribution >= 4 is 10.9 Å². The summed E-state index contributed by atoms with van der Waals surface area (Å²) >= 11 is 0. The van der Waals surface area contributed by atoms with E-state index in [1.54, 1.807) is 7.11 Å². The summed E-state index contributed by atoms with van der Waals surface area (Å²) in [6.45, 7) is 3.23. The highest BCUT2D eigenvalue weighted by molar-refractivity contribution is 5.88. The number of hydrogen-bond donors (Lipinski definition) is 2. The molecule has 3 rings (SSSR count). The second kappa shape index (κ2) is 4.65. The number of ether oxygens (including phenoxy) is 1. The Bertz CT molecular complexity index is 553. The summed E-state index contributed by atoms with van der Waals surface area (Å²) in [5.41, 5.74) is 3.65. The molecule has 1 atom stereocenters. The Hall–Kier alpha value is -1.48. The van der Waals surface area contributed by atoms with Gasteiger partial charge >= 0.3 is 0 Å². The Labute approximate surface area is 108 Å². The van der Waals surface area contributed by atoms with Crippen LogP contribution in [-0.4, -0.2) is 24.7 Å². The van der Waals surface area contributed by atoms with Crippen molar-refractivity contribution in [1.82, 2.24) is 10.3 Å². The highest BCUT2D eigenvalue weighted by Gasteiger charge is 2.18. The normalized spacial score (nSPS) is 19.6. The summed E-state index contributed by atoms with van der Waals surface area (Å²) in [5.74, 6) is 1.03. The zero-order chi connectivity index (χ0) is 12.5. The number of nitrogens with one attached hydrogen (secondary N) is 2. The van der Waals surface area contributed by atoms with E-state index in [9.17, 15) is 0 Å². The molecule has 0 amide bonds. The smallest absolute Gasteiger partial charge is 0.131 e. The summed E-state index contributed by atoms with van der Waals surface area (Å²) in [7, 11) is 1.77. The molecule has 0 saturated carbocycles. The van der Waals surface area contributed by atoms with Crippen LogP contribution in [0.5, 0.6) is 5.75 Å². The third-order valence-electron chi connectivity index (χ3n) is 3.80. The van der Waals surface area contributed by atoms with Crippen molar-refractivity contribution < 1.29 is 4.74 Å². The lowest BCUT2D eigenvalue weighted by atomic mass is 10.0. The van der Waals surface area contributed by atoms with Gasteiger partial charge in [0.05, 0.1) is 7.11 Å². The number of H-pyrrole nitrogens is 1. The molecule has 1 fully saturated rings. The van der Waals surface area contributed by atoms with Crippen molar-refractivity contribution in [3.8, 4) is 5.75 Å². The fourth-order valence-corrected chi connectivity index (χ4v) is 2.96. The zero-order valence-electron chi connectivity index (χ0n) is 11.0. The molecule has 1 aliphatic heterocycles. The van der Waals surface area contributed by atoms with Crippen molar-refractivity contribution in [2.75, 3.05) is 13.7 Å². The van der Waals surface area contributed by atoms with Crippen LogP contribution in [0.15, 0.2) is 18.2 Å². The molecule has 0 radical (unpaired) electrons. The molecule has 3 nitrogen and oxygen atoms in total. The minimum absolute atomic E-state index is 0.608. The van der Waals surface area contributed by atoms with E-state index in [0.717, 1.165) is 24.2 Å². The number of fused-ring (bicyclic) bond motifs is 1. The first-order valence-electron chi connectivity index (χ1n) is 6.66. The molecule has 0 aliphatic carbocycles. The van der Waals surface area contributed by atoms with Crippen molar-refractivity contribution in [3.63, 3.8) is 0 Å². The van der Waals surface area contributed by atoms with E-state index in [2.05, 4.69) is 35.4 Å². The SMILES string of the molecule is COc1c(CC2CCCN2)ccc2[nH]c(C)cc12. The predicted molar refractivity (Wildman–Crippen MR) is 74.3 cm³/mol. The maximum atomic E-state index is 5.63. The van der Waals surface area contributed by atoms with Crippen molar-refractivity contribution in [2.45, 2.75) is 32.2 Å². The Morgan fingerprint density at radius 1 is 1.39 bits per heavy atom. The number of benzene rings is 1. The van der Waals surface area contributed by atoms with Gasteiger partial charge in [-0.3, -0.25) is 0 Å². The van der Waals surface area contributed by atoms with E-state index in [0.29, 0.717) is 6.04 Å². The standard InChI is InChI=1S/C15H20N2O/c1-10-8-13-14(17-10)6-5-11(15(13)18-2)9-12-4-3-7-16-12/h5-6,8,12,16-17H,3-4,7,9H2,1-2H3. The first-order chi connectivity index (χ1) is 8.78. The lowest BCUT2D eigenvalue weighted by Crippen LogP contribution is -2.23. The van der Waals surface area contributed by atoms with Gasteiger partial charge in [-0.2, -0.15) is 0 Å². The van der Waals surface area contributed by atoms with Crippen molar-refractivity contribution in [1.29, 1.82) is 0 Å². The molecule has 18 heavy (non-hydrogen) atoms. The summed E-state index contributed by atoms with van der Waals surface area (Å²) in [6, 6.07) is 7.13. The maximum Gasteiger partial charge on any atom is 0.131 e. The van der Waals surface area contributed by atoms with Crippen molar-refractivity contribution in [3.05, 3.63) is 29.5 Å². The molecule has 1 unspecified atom stereocenters. The molecular weight excluding hydrogens is 224 g/mol. The second-order valence-electron chi connectivity index (χ2n) is 5.17. The fraction of sp³-hybridized carbons (Fsp3) is 0.467. The molecular formula is C15H20N2O. The van der Waals surface area contributed by atoms with Gasteiger partial charge in [0.2, 0.25) is 0 Å². The highest BCUT2D eigenvalue weighted by atomic mass is 16.5. The van der Waals surface area contributed by atoms with Gasteiger partial charge in [0.1, 0.15) is 5.75 Å². The Kier molecular flexibility index (Phi) is 3.00. The molecule has 1 aromatic heterocycles. The molecule has 96 valence electrons. The molecule has 2 heterocycles. The van der Waals surface area contributed by atoms with Crippen LogP contribution >= 0.6 is 0 Å². The van der Waals surface area contributed by atoms with Gasteiger partial charge in [0, 0.05) is 22.6 Å². The van der Waals surface area contributed by atoms with Crippen molar-refractivity contribution in [2.24, 2.45) is 0 Å². The van der Waals surface area contributed by atoms with E-state index in [1.807, 2.05) is 0 Å². The zero-order valence-corrected chi connectivity index (χ0v) is 11.0. The molecule has 3 heteroatoms.